The number of nitrogens with two attached hydrogens (primary N) is 1. The lowest BCUT2D eigenvalue weighted by molar-refractivity contribution is 0.503. The molecule has 0 aliphatic heterocycles. The minimum Gasteiger partial charge on any atom is -0.328 e. The molecular formula is C6H14N2. The highest BCUT2D eigenvalue weighted by molar-refractivity contribution is 5.53. The lowest BCUT2D eigenvalue weighted by Crippen LogP contribution is -2.24. The van der Waals surface area contributed by atoms with Crippen LogP contribution in [0.15, 0.2) is 0 Å². The summed E-state index contributed by atoms with van der Waals surface area (Å²) in [5, 5.41) is 6.75. The summed E-state index contributed by atoms with van der Waals surface area (Å²) in [5.41, 5.74) is 5.52. The van der Waals surface area contributed by atoms with Crippen LogP contribution < -0.4 is 5.73 Å². The highest BCUT2D eigenvalue weighted by atomic mass is 14.6. The van der Waals surface area contributed by atoms with Gasteiger partial charge in [-0.1, -0.05) is 6.92 Å². The third-order valence-corrected chi connectivity index (χ3v) is 1.39. The van der Waals surface area contributed by atoms with Gasteiger partial charge in [0.2, 0.25) is 0 Å². The normalized spacial score (nSPS) is 17.4. The monoisotopic (exact) mass is 114 g/mol. The molecule has 0 spiro atoms. The first-order chi connectivity index (χ1) is 3.68. The smallest absolute Gasteiger partial charge is 0.00396 e. The first-order valence-corrected chi connectivity index (χ1v) is 2.93. The molecule has 0 aliphatic carbocycles. The Hall–Kier alpha value is -0.370. The summed E-state index contributed by atoms with van der Waals surface area (Å²) in [4.78, 5) is 0. The first-order valence-electron chi connectivity index (χ1n) is 2.93. The van der Waals surface area contributed by atoms with Gasteiger partial charge < -0.3 is 11.1 Å². The van der Waals surface area contributed by atoms with Crippen LogP contribution in [0, 0.1) is 11.3 Å². The molecule has 0 bridgehead atoms. The predicted molar refractivity (Wildman–Crippen MR) is 36.2 cm³/mol. The summed E-state index contributed by atoms with van der Waals surface area (Å²) in [6.45, 7) is 4.02. The zero-order chi connectivity index (χ0) is 6.57. The van der Waals surface area contributed by atoms with E-state index in [1.165, 1.54) is 6.21 Å². The second-order valence-electron chi connectivity index (χ2n) is 2.28. The van der Waals surface area contributed by atoms with Crippen LogP contribution in [0.2, 0.25) is 0 Å². The summed E-state index contributed by atoms with van der Waals surface area (Å²) >= 11 is 0. The Morgan fingerprint density at radius 2 is 2.12 bits per heavy atom. The van der Waals surface area contributed by atoms with E-state index in [0.717, 1.165) is 6.42 Å². The van der Waals surface area contributed by atoms with E-state index in [1.54, 1.807) is 0 Å². The molecule has 0 aromatic rings. The molecule has 0 saturated carbocycles. The van der Waals surface area contributed by atoms with Crippen LogP contribution in [0.5, 0.6) is 0 Å². The molecule has 0 aliphatic rings. The molecule has 0 aromatic heterocycles. The van der Waals surface area contributed by atoms with Crippen molar-refractivity contribution in [2.45, 2.75) is 26.3 Å². The topological polar surface area (TPSA) is 49.9 Å². The number of hydrogen-bond acceptors (Lipinski definition) is 2. The van der Waals surface area contributed by atoms with E-state index < -0.39 is 0 Å². The molecule has 0 heterocycles. The minimum atomic E-state index is 0.219. The van der Waals surface area contributed by atoms with Crippen molar-refractivity contribution in [3.05, 3.63) is 0 Å². The van der Waals surface area contributed by atoms with E-state index in [9.17, 15) is 0 Å². The zero-order valence-electron chi connectivity index (χ0n) is 5.52. The van der Waals surface area contributed by atoms with Crippen LogP contribution in [-0.4, -0.2) is 12.3 Å². The Morgan fingerprint density at radius 1 is 1.62 bits per heavy atom. The summed E-state index contributed by atoms with van der Waals surface area (Å²) in [5.74, 6) is 0.451. The summed E-state index contributed by atoms with van der Waals surface area (Å²) in [7, 11) is 0. The molecule has 0 saturated heterocycles. The second kappa shape index (κ2) is 3.61. The Bertz CT molecular complexity index is 68.9. The van der Waals surface area contributed by atoms with Gasteiger partial charge in [-0.25, -0.2) is 0 Å². The lowest BCUT2D eigenvalue weighted by Gasteiger charge is -2.10. The van der Waals surface area contributed by atoms with Gasteiger partial charge in [-0.15, -0.1) is 0 Å². The van der Waals surface area contributed by atoms with E-state index >= 15 is 0 Å². The van der Waals surface area contributed by atoms with Gasteiger partial charge in [0, 0.05) is 6.04 Å². The highest BCUT2D eigenvalue weighted by Crippen LogP contribution is 2.01. The molecule has 0 rings (SSSR count). The average Bonchev–Trinajstić information content (AvgIpc) is 1.67. The zero-order valence-corrected chi connectivity index (χ0v) is 5.52. The van der Waals surface area contributed by atoms with Crippen LogP contribution in [0.3, 0.4) is 0 Å². The van der Waals surface area contributed by atoms with Crippen molar-refractivity contribution in [3.8, 4) is 0 Å². The SMILES string of the molecule is CC(N)C(C)CC=N. The van der Waals surface area contributed by atoms with Crippen molar-refractivity contribution in [3.63, 3.8) is 0 Å². The van der Waals surface area contributed by atoms with E-state index in [0.29, 0.717) is 5.92 Å². The number of hydrogen-bond donors (Lipinski definition) is 2. The summed E-state index contributed by atoms with van der Waals surface area (Å²) in [6, 6.07) is 0.219. The molecule has 0 aromatic carbocycles. The molecule has 2 heteroatoms. The molecule has 48 valence electrons. The van der Waals surface area contributed by atoms with E-state index in [4.69, 9.17) is 11.1 Å². The standard InChI is InChI=1S/C6H14N2/c1-5(3-4-7)6(2)8/h4-7H,3,8H2,1-2H3. The van der Waals surface area contributed by atoms with E-state index in [1.807, 2.05) is 6.92 Å². The van der Waals surface area contributed by atoms with Gasteiger partial charge in [-0.3, -0.25) is 0 Å². The van der Waals surface area contributed by atoms with E-state index in [2.05, 4.69) is 6.92 Å². The largest absolute Gasteiger partial charge is 0.328 e. The fourth-order valence-electron chi connectivity index (χ4n) is 0.401. The maximum absolute atomic E-state index is 6.75. The fraction of sp³-hybridized carbons (Fsp3) is 0.833. The molecule has 2 nitrogen and oxygen atoms in total. The molecule has 3 N–H and O–H groups in total. The fourth-order valence-corrected chi connectivity index (χ4v) is 0.401. The number of nitrogens with one attached hydrogen (secondary N) is 1. The predicted octanol–water partition coefficient (Wildman–Crippen LogP) is 1.01. The van der Waals surface area contributed by atoms with Gasteiger partial charge in [-0.2, -0.15) is 0 Å². The van der Waals surface area contributed by atoms with Crippen LogP contribution in [0.1, 0.15) is 20.3 Å². The van der Waals surface area contributed by atoms with Crippen molar-refractivity contribution in [2.24, 2.45) is 11.7 Å². The first kappa shape index (κ1) is 7.63. The average molecular weight is 114 g/mol. The van der Waals surface area contributed by atoms with Gasteiger partial charge in [0.15, 0.2) is 0 Å². The third-order valence-electron chi connectivity index (χ3n) is 1.39. The second-order valence-corrected chi connectivity index (χ2v) is 2.28. The van der Waals surface area contributed by atoms with Crippen molar-refractivity contribution in [1.29, 1.82) is 5.41 Å². The molecule has 2 unspecified atom stereocenters. The molecule has 2 atom stereocenters. The lowest BCUT2D eigenvalue weighted by atomic mass is 10.0. The molecule has 0 radical (unpaired) electrons. The Labute approximate surface area is 50.6 Å². The Balaban J connectivity index is 3.30. The quantitative estimate of drug-likeness (QED) is 0.528. The van der Waals surface area contributed by atoms with Crippen molar-refractivity contribution < 1.29 is 0 Å². The minimum absolute atomic E-state index is 0.219. The maximum atomic E-state index is 6.75. The van der Waals surface area contributed by atoms with Crippen LogP contribution in [0.25, 0.3) is 0 Å². The van der Waals surface area contributed by atoms with Gasteiger partial charge in [0.25, 0.3) is 0 Å². The maximum Gasteiger partial charge on any atom is 0.00396 e. The third kappa shape index (κ3) is 2.75. The number of rotatable bonds is 3. The van der Waals surface area contributed by atoms with Gasteiger partial charge in [0.05, 0.1) is 0 Å². The van der Waals surface area contributed by atoms with Crippen LogP contribution >= 0.6 is 0 Å². The molecule has 0 amide bonds. The van der Waals surface area contributed by atoms with Crippen molar-refractivity contribution in [2.75, 3.05) is 0 Å². The molecule has 8 heavy (non-hydrogen) atoms. The molecular weight excluding hydrogens is 100 g/mol. The van der Waals surface area contributed by atoms with Gasteiger partial charge in [-0.05, 0) is 25.5 Å². The Morgan fingerprint density at radius 3 is 2.25 bits per heavy atom. The Kier molecular flexibility index (Phi) is 3.44. The van der Waals surface area contributed by atoms with Crippen LogP contribution in [0.4, 0.5) is 0 Å². The van der Waals surface area contributed by atoms with Gasteiger partial charge >= 0.3 is 0 Å². The van der Waals surface area contributed by atoms with Crippen molar-refractivity contribution >= 4 is 6.21 Å². The summed E-state index contributed by atoms with van der Waals surface area (Å²) < 4.78 is 0. The highest BCUT2D eigenvalue weighted by Gasteiger charge is 2.03. The summed E-state index contributed by atoms with van der Waals surface area (Å²) in [6.07, 6.45) is 2.21. The molecule has 0 fully saturated rings. The van der Waals surface area contributed by atoms with Crippen LogP contribution in [-0.2, 0) is 0 Å². The van der Waals surface area contributed by atoms with Gasteiger partial charge in [0.1, 0.15) is 0 Å². The van der Waals surface area contributed by atoms with Crippen molar-refractivity contribution in [1.82, 2.24) is 0 Å². The van der Waals surface area contributed by atoms with E-state index in [-0.39, 0.29) is 6.04 Å².